The van der Waals surface area contributed by atoms with E-state index in [4.69, 9.17) is 5.11 Å². The van der Waals surface area contributed by atoms with E-state index in [1.807, 2.05) is 13.8 Å². The van der Waals surface area contributed by atoms with Gasteiger partial charge in [0.1, 0.15) is 0 Å². The molecule has 0 aromatic carbocycles. The monoisotopic (exact) mass is 258 g/mol. The average Bonchev–Trinajstić information content (AvgIpc) is 2.22. The van der Waals surface area contributed by atoms with Crippen molar-refractivity contribution in [2.45, 2.75) is 53.0 Å². The van der Waals surface area contributed by atoms with Crippen molar-refractivity contribution in [3.05, 3.63) is 0 Å². The first-order chi connectivity index (χ1) is 8.14. The summed E-state index contributed by atoms with van der Waals surface area (Å²) in [6, 6.07) is -0.238. The van der Waals surface area contributed by atoms with Crippen LogP contribution in [0.3, 0.4) is 0 Å². The van der Waals surface area contributed by atoms with Crippen molar-refractivity contribution >= 4 is 12.0 Å². The number of hydrogen-bond acceptors (Lipinski definition) is 2. The summed E-state index contributed by atoms with van der Waals surface area (Å²) in [6.45, 7) is 10.6. The third-order valence-corrected chi connectivity index (χ3v) is 3.14. The van der Waals surface area contributed by atoms with Crippen molar-refractivity contribution in [2.24, 2.45) is 11.8 Å². The van der Waals surface area contributed by atoms with Crippen LogP contribution >= 0.6 is 0 Å². The Bertz CT molecular complexity index is 288. The number of carbonyl (C=O) groups is 2. The van der Waals surface area contributed by atoms with Crippen molar-refractivity contribution in [1.82, 2.24) is 10.6 Å². The van der Waals surface area contributed by atoms with Crippen LogP contribution in [0, 0.1) is 11.8 Å². The summed E-state index contributed by atoms with van der Waals surface area (Å²) < 4.78 is 0. The number of nitrogens with one attached hydrogen (secondary N) is 2. The fraction of sp³-hybridized carbons (Fsp3) is 0.846. The lowest BCUT2D eigenvalue weighted by Gasteiger charge is -2.26. The Morgan fingerprint density at radius 3 is 2.22 bits per heavy atom. The predicted octanol–water partition coefficient (Wildman–Crippen LogP) is 2.22. The van der Waals surface area contributed by atoms with Gasteiger partial charge in [-0.15, -0.1) is 0 Å². The second-order valence-electron chi connectivity index (χ2n) is 5.83. The first-order valence-electron chi connectivity index (χ1n) is 6.42. The highest BCUT2D eigenvalue weighted by atomic mass is 16.4. The zero-order chi connectivity index (χ0) is 14.3. The van der Waals surface area contributed by atoms with Crippen LogP contribution < -0.4 is 10.6 Å². The minimum Gasteiger partial charge on any atom is -0.481 e. The molecule has 1 unspecified atom stereocenters. The second kappa shape index (κ2) is 7.24. The Balaban J connectivity index is 4.02. The molecule has 0 spiro atoms. The first-order valence-corrected chi connectivity index (χ1v) is 6.42. The van der Waals surface area contributed by atoms with Gasteiger partial charge in [0.2, 0.25) is 0 Å². The Labute approximate surface area is 109 Å². The van der Waals surface area contributed by atoms with Crippen LogP contribution in [-0.2, 0) is 4.79 Å². The van der Waals surface area contributed by atoms with Crippen molar-refractivity contribution in [2.75, 3.05) is 6.54 Å². The molecule has 5 nitrogen and oxygen atoms in total. The average molecular weight is 258 g/mol. The first kappa shape index (κ1) is 16.7. The Morgan fingerprint density at radius 2 is 1.78 bits per heavy atom. The van der Waals surface area contributed by atoms with E-state index in [9.17, 15) is 9.59 Å². The third kappa shape index (κ3) is 7.92. The smallest absolute Gasteiger partial charge is 0.315 e. The summed E-state index contributed by atoms with van der Waals surface area (Å²) in [5.41, 5.74) is -0.510. The van der Waals surface area contributed by atoms with Crippen LogP contribution in [-0.4, -0.2) is 29.2 Å². The highest BCUT2D eigenvalue weighted by Crippen LogP contribution is 2.11. The number of urea groups is 1. The van der Waals surface area contributed by atoms with Gasteiger partial charge >= 0.3 is 12.0 Å². The molecule has 2 amide bonds. The molecule has 5 heteroatoms. The van der Waals surface area contributed by atoms with E-state index in [1.165, 1.54) is 0 Å². The van der Waals surface area contributed by atoms with Gasteiger partial charge < -0.3 is 15.7 Å². The van der Waals surface area contributed by atoms with Gasteiger partial charge in [0, 0.05) is 18.5 Å². The normalized spacial score (nSPS) is 13.2. The fourth-order valence-electron chi connectivity index (χ4n) is 1.32. The molecule has 0 saturated carbocycles. The molecule has 0 heterocycles. The summed E-state index contributed by atoms with van der Waals surface area (Å²) >= 11 is 0. The topological polar surface area (TPSA) is 78.4 Å². The lowest BCUT2D eigenvalue weighted by atomic mass is 9.98. The van der Waals surface area contributed by atoms with Gasteiger partial charge in [0.15, 0.2) is 0 Å². The molecule has 0 aromatic rings. The Morgan fingerprint density at radius 1 is 1.22 bits per heavy atom. The van der Waals surface area contributed by atoms with E-state index >= 15 is 0 Å². The number of aliphatic carboxylic acids is 1. The quantitative estimate of drug-likeness (QED) is 0.655. The molecule has 0 bridgehead atoms. The lowest BCUT2D eigenvalue weighted by molar-refractivity contribution is -0.137. The fourth-order valence-corrected chi connectivity index (χ4v) is 1.32. The van der Waals surface area contributed by atoms with Crippen LogP contribution in [0.15, 0.2) is 0 Å². The minimum atomic E-state index is -0.848. The molecule has 0 aliphatic heterocycles. The number of hydrogen-bond donors (Lipinski definition) is 3. The molecule has 0 saturated heterocycles. The van der Waals surface area contributed by atoms with Gasteiger partial charge in [-0.3, -0.25) is 4.79 Å². The molecule has 106 valence electrons. The number of carboxylic acid groups (broad SMARTS) is 1. The second-order valence-corrected chi connectivity index (χ2v) is 5.83. The molecule has 18 heavy (non-hydrogen) atoms. The molecule has 3 N–H and O–H groups in total. The number of carboxylic acids is 1. The third-order valence-electron chi connectivity index (χ3n) is 3.14. The maximum absolute atomic E-state index is 11.7. The summed E-state index contributed by atoms with van der Waals surface area (Å²) in [7, 11) is 0. The van der Waals surface area contributed by atoms with Crippen molar-refractivity contribution in [1.29, 1.82) is 0 Å². The summed E-state index contributed by atoms with van der Waals surface area (Å²) in [6.07, 6.45) is 0.463. The van der Waals surface area contributed by atoms with Gasteiger partial charge in [-0.2, -0.15) is 0 Å². The van der Waals surface area contributed by atoms with Crippen LogP contribution in [0.2, 0.25) is 0 Å². The molecule has 1 atom stereocenters. The van der Waals surface area contributed by atoms with E-state index < -0.39 is 11.5 Å². The van der Waals surface area contributed by atoms with Gasteiger partial charge in [0.05, 0.1) is 0 Å². The molecule has 0 fully saturated rings. The number of carbonyl (C=O) groups excluding carboxylic acids is 1. The Hall–Kier alpha value is -1.26. The van der Waals surface area contributed by atoms with E-state index in [-0.39, 0.29) is 12.5 Å². The zero-order valence-corrected chi connectivity index (χ0v) is 12.0. The van der Waals surface area contributed by atoms with Crippen LogP contribution in [0.1, 0.15) is 47.5 Å². The number of amides is 2. The van der Waals surface area contributed by atoms with Gasteiger partial charge in [-0.25, -0.2) is 4.79 Å². The highest BCUT2D eigenvalue weighted by Gasteiger charge is 2.21. The number of rotatable bonds is 7. The van der Waals surface area contributed by atoms with Gasteiger partial charge in [0.25, 0.3) is 0 Å². The van der Waals surface area contributed by atoms with Crippen LogP contribution in [0.5, 0.6) is 0 Å². The SMILES string of the molecule is CC(C)C(C)CNC(=O)NC(C)(C)CCC(=O)O. The van der Waals surface area contributed by atoms with E-state index in [2.05, 4.69) is 31.4 Å². The standard InChI is InChI=1S/C13H26N2O3/c1-9(2)10(3)8-14-12(18)15-13(4,5)7-6-11(16)17/h9-10H,6-8H2,1-5H3,(H,16,17)(H2,14,15,18). The zero-order valence-electron chi connectivity index (χ0n) is 12.0. The minimum absolute atomic E-state index is 0.0513. The molecular formula is C13H26N2O3. The van der Waals surface area contributed by atoms with E-state index in [1.54, 1.807) is 0 Å². The maximum atomic E-state index is 11.7. The van der Waals surface area contributed by atoms with Gasteiger partial charge in [-0.1, -0.05) is 20.8 Å². The molecular weight excluding hydrogens is 232 g/mol. The maximum Gasteiger partial charge on any atom is 0.315 e. The van der Waals surface area contributed by atoms with Crippen molar-refractivity contribution in [3.8, 4) is 0 Å². The molecule has 0 aliphatic rings. The van der Waals surface area contributed by atoms with E-state index in [0.717, 1.165) is 0 Å². The lowest BCUT2D eigenvalue weighted by Crippen LogP contribution is -2.49. The molecule has 0 rings (SSSR count). The summed E-state index contributed by atoms with van der Waals surface area (Å²) in [4.78, 5) is 22.2. The van der Waals surface area contributed by atoms with Gasteiger partial charge in [-0.05, 0) is 32.1 Å². The molecule has 0 aromatic heterocycles. The van der Waals surface area contributed by atoms with Crippen LogP contribution in [0.4, 0.5) is 4.79 Å². The molecule has 0 radical (unpaired) electrons. The summed E-state index contributed by atoms with van der Waals surface area (Å²) in [5.74, 6) is 0.0851. The largest absolute Gasteiger partial charge is 0.481 e. The molecule has 0 aliphatic carbocycles. The Kier molecular flexibility index (Phi) is 6.73. The highest BCUT2D eigenvalue weighted by molar-refractivity contribution is 5.74. The van der Waals surface area contributed by atoms with Crippen molar-refractivity contribution in [3.63, 3.8) is 0 Å². The summed E-state index contributed by atoms with van der Waals surface area (Å²) in [5, 5.41) is 14.2. The van der Waals surface area contributed by atoms with E-state index in [0.29, 0.717) is 24.8 Å². The van der Waals surface area contributed by atoms with Crippen molar-refractivity contribution < 1.29 is 14.7 Å². The van der Waals surface area contributed by atoms with Crippen LogP contribution in [0.25, 0.3) is 0 Å². The predicted molar refractivity (Wildman–Crippen MR) is 71.5 cm³/mol.